The Bertz CT molecular complexity index is 124. The zero-order chi connectivity index (χ0) is 11.5. The zero-order valence-corrected chi connectivity index (χ0v) is 8.22. The van der Waals surface area contributed by atoms with Crippen LogP contribution in [0, 0.1) is 0 Å². The first-order chi connectivity index (χ1) is 5.25. The number of rotatable bonds is 0. The monoisotopic (exact) mass is 233 g/mol. The van der Waals surface area contributed by atoms with Gasteiger partial charge >= 0.3 is 54.0 Å². The van der Waals surface area contributed by atoms with E-state index in [2.05, 4.69) is 0 Å². The molecule has 9 heteroatoms. The van der Waals surface area contributed by atoms with Gasteiger partial charge in [-0.15, -0.1) is 0 Å². The van der Waals surface area contributed by atoms with Gasteiger partial charge in [0.2, 0.25) is 0 Å². The van der Waals surface area contributed by atoms with Crippen LogP contribution in [0.5, 0.6) is 0 Å². The van der Waals surface area contributed by atoms with E-state index in [0.29, 0.717) is 0 Å². The molecule has 0 aliphatic carbocycles. The van der Waals surface area contributed by atoms with Gasteiger partial charge in [0, 0.05) is 0 Å². The van der Waals surface area contributed by atoms with Crippen LogP contribution in [0.2, 0.25) is 0 Å². The van der Waals surface area contributed by atoms with Crippen LogP contribution in [0.3, 0.4) is 0 Å². The fourth-order valence-corrected chi connectivity index (χ4v) is 0. The molecule has 0 aromatic carbocycles. The van der Waals surface area contributed by atoms with Gasteiger partial charge < -0.3 is 17.3 Å². The van der Waals surface area contributed by atoms with Crippen molar-refractivity contribution in [3.63, 3.8) is 0 Å². The summed E-state index contributed by atoms with van der Waals surface area (Å²) in [5.74, 6) is 0. The van der Waals surface area contributed by atoms with E-state index in [0.717, 1.165) is 0 Å². The van der Waals surface area contributed by atoms with Gasteiger partial charge in [-0.1, -0.05) is 0 Å². The van der Waals surface area contributed by atoms with Crippen LogP contribution in [0.15, 0.2) is 0 Å². The molecule has 0 bridgehead atoms. The molecule has 0 unspecified atom stereocenters. The Labute approximate surface area is 72.3 Å². The smallest absolute Gasteiger partial charge is 0.418 e. The summed E-state index contributed by atoms with van der Waals surface area (Å²) in [6.07, 6.45) is 0. The molecule has 0 nitrogen and oxygen atoms in total. The average Bonchev–Trinajstić information content (AvgIpc) is 1.50. The predicted octanol–water partition coefficient (Wildman–Crippen LogP) is 4.49. The van der Waals surface area contributed by atoms with E-state index in [1.54, 1.807) is 0 Å². The molecule has 0 saturated heterocycles. The Kier molecular flexibility index (Phi) is 5.34. The number of hydrogen-bond acceptors (Lipinski definition) is 0. The summed E-state index contributed by atoms with van der Waals surface area (Å²) in [4.78, 5) is 0. The molecule has 0 saturated carbocycles. The maximum atomic E-state index is 11.7. The standard InChI is InChI=1S/C4H10F3P.BF4/c1-4(2,3)8(5,6)7;2-1(3,4)5/h8H,1-3H3;/q;-1. The molecule has 13 heavy (non-hydrogen) atoms. The predicted molar refractivity (Wildman–Crippen MR) is 41.6 cm³/mol. The summed E-state index contributed by atoms with van der Waals surface area (Å²) >= 11 is 0. The summed E-state index contributed by atoms with van der Waals surface area (Å²) in [5.41, 5.74) is 0. The molecule has 0 aliphatic heterocycles. The minimum atomic E-state index is -6.00. The first-order valence-corrected chi connectivity index (χ1v) is 4.82. The maximum absolute atomic E-state index is 11.7. The Morgan fingerprint density at radius 2 is 0.923 bits per heavy atom. The Morgan fingerprint density at radius 3 is 0.923 bits per heavy atom. The third-order valence-electron chi connectivity index (χ3n) is 0.850. The van der Waals surface area contributed by atoms with Crippen molar-refractivity contribution < 1.29 is 29.9 Å². The molecule has 0 aliphatic rings. The van der Waals surface area contributed by atoms with Gasteiger partial charge in [0.25, 0.3) is 0 Å². The minimum absolute atomic E-state index is 1.21. The topological polar surface area (TPSA) is 0 Å². The maximum Gasteiger partial charge on any atom is 0.673 e. The van der Waals surface area contributed by atoms with Gasteiger partial charge in [0.1, 0.15) is 0 Å². The van der Waals surface area contributed by atoms with E-state index >= 15 is 0 Å². The van der Waals surface area contributed by atoms with Gasteiger partial charge in [-0.2, -0.15) is 0 Å². The molecule has 84 valence electrons. The van der Waals surface area contributed by atoms with Crippen LogP contribution in [-0.4, -0.2) is 12.4 Å². The first-order valence-electron chi connectivity index (χ1n) is 3.19. The van der Waals surface area contributed by atoms with Crippen molar-refractivity contribution in [3.8, 4) is 0 Å². The van der Waals surface area contributed by atoms with E-state index in [1.807, 2.05) is 0 Å². The van der Waals surface area contributed by atoms with E-state index in [4.69, 9.17) is 0 Å². The Morgan fingerprint density at radius 1 is 0.846 bits per heavy atom. The fourth-order valence-electron chi connectivity index (χ4n) is 0. The summed E-state index contributed by atoms with van der Waals surface area (Å²) in [6, 6.07) is 0. The summed E-state index contributed by atoms with van der Waals surface area (Å²) < 4.78 is 74.1. The van der Waals surface area contributed by atoms with Crippen molar-refractivity contribution in [2.75, 3.05) is 0 Å². The largest absolute Gasteiger partial charge is 0.673 e. The van der Waals surface area contributed by atoms with Gasteiger partial charge in [-0.3, -0.25) is 0 Å². The van der Waals surface area contributed by atoms with Crippen molar-refractivity contribution in [1.29, 1.82) is 0 Å². The number of hydrogen-bond donors (Lipinski definition) is 0. The molecule has 0 rings (SSSR count). The number of halogens is 7. The average molecular weight is 233 g/mol. The van der Waals surface area contributed by atoms with Crippen LogP contribution in [0.25, 0.3) is 0 Å². The van der Waals surface area contributed by atoms with Crippen molar-refractivity contribution in [2.24, 2.45) is 0 Å². The second-order valence-electron chi connectivity index (χ2n) is 3.24. The molecule has 0 aromatic rings. The molecule has 0 aromatic heterocycles. The fraction of sp³-hybridized carbons (Fsp3) is 1.00. The second kappa shape index (κ2) is 4.48. The molecular weight excluding hydrogens is 223 g/mol. The van der Waals surface area contributed by atoms with Crippen LogP contribution in [-0.2, 0) is 0 Å². The molecule has 0 N–H and O–H groups in total. The van der Waals surface area contributed by atoms with Crippen LogP contribution in [0.4, 0.5) is 29.9 Å². The SMILES string of the molecule is CC(C)(C)[PH](F)(F)F.F[B-](F)(F)F. The quantitative estimate of drug-likeness (QED) is 0.328. The van der Waals surface area contributed by atoms with Gasteiger partial charge in [0.05, 0.1) is 0 Å². The van der Waals surface area contributed by atoms with Gasteiger partial charge in [0.15, 0.2) is 0 Å². The Balaban J connectivity index is 0. The van der Waals surface area contributed by atoms with Crippen molar-refractivity contribution >= 4 is 15.4 Å². The van der Waals surface area contributed by atoms with E-state index in [-0.39, 0.29) is 0 Å². The van der Waals surface area contributed by atoms with E-state index < -0.39 is 20.6 Å². The molecular formula is C4H10BF7P-. The Hall–Kier alpha value is 0.00494. The van der Waals surface area contributed by atoms with E-state index in [9.17, 15) is 29.9 Å². The second-order valence-corrected chi connectivity index (χ2v) is 5.74. The summed E-state index contributed by atoms with van der Waals surface area (Å²) in [5, 5.41) is -1.42. The molecule has 0 amide bonds. The third kappa shape index (κ3) is 14.8. The van der Waals surface area contributed by atoms with Crippen molar-refractivity contribution in [1.82, 2.24) is 0 Å². The third-order valence-corrected chi connectivity index (χ3v) is 2.55. The van der Waals surface area contributed by atoms with Gasteiger partial charge in [-0.05, 0) is 0 Å². The van der Waals surface area contributed by atoms with E-state index in [1.165, 1.54) is 20.8 Å². The van der Waals surface area contributed by atoms with Gasteiger partial charge in [-0.25, -0.2) is 0 Å². The van der Waals surface area contributed by atoms with Crippen LogP contribution in [0.1, 0.15) is 20.8 Å². The zero-order valence-electron chi connectivity index (χ0n) is 7.22. The molecule has 0 atom stereocenters. The summed E-state index contributed by atoms with van der Waals surface area (Å²) in [7, 11) is -11.4. The molecule has 0 spiro atoms. The molecule has 0 heterocycles. The molecule has 0 radical (unpaired) electrons. The normalized spacial score (nSPS) is 14.6. The van der Waals surface area contributed by atoms with Crippen molar-refractivity contribution in [3.05, 3.63) is 0 Å². The van der Waals surface area contributed by atoms with Crippen LogP contribution < -0.4 is 0 Å². The van der Waals surface area contributed by atoms with Crippen LogP contribution >= 0.6 is 8.19 Å². The van der Waals surface area contributed by atoms with Crippen molar-refractivity contribution in [2.45, 2.75) is 25.9 Å². The summed E-state index contributed by atoms with van der Waals surface area (Å²) in [6.45, 7) is 3.62. The molecule has 0 fully saturated rings. The first kappa shape index (κ1) is 15.5. The minimum Gasteiger partial charge on any atom is -0.418 e.